The maximum absolute atomic E-state index is 6.33. The van der Waals surface area contributed by atoms with Gasteiger partial charge in [0.15, 0.2) is 17.8 Å². The number of halogens is 1. The van der Waals surface area contributed by atoms with Crippen LogP contribution in [-0.4, -0.2) is 39.5 Å². The lowest BCUT2D eigenvalue weighted by molar-refractivity contribution is -0.0168. The van der Waals surface area contributed by atoms with Gasteiger partial charge in [0.1, 0.15) is 5.75 Å². The topological polar surface area (TPSA) is 52.4 Å². The van der Waals surface area contributed by atoms with Gasteiger partial charge in [-0.25, -0.2) is 0 Å². The summed E-state index contributed by atoms with van der Waals surface area (Å²) in [6.07, 6.45) is 2.51. The molecule has 8 heteroatoms. The SMILES string of the molecule is Clc1cc2c(c(CSc3nnc(CN4CCCC4)n3-c3ccccc3)c1)OCOC2. The summed E-state index contributed by atoms with van der Waals surface area (Å²) in [7, 11) is 0. The molecule has 3 aromatic rings. The van der Waals surface area contributed by atoms with Crippen LogP contribution >= 0.6 is 23.4 Å². The van der Waals surface area contributed by atoms with Crippen LogP contribution in [0.4, 0.5) is 0 Å². The Hall–Kier alpha value is -2.06. The van der Waals surface area contributed by atoms with Crippen molar-refractivity contribution in [2.45, 2.75) is 36.9 Å². The summed E-state index contributed by atoms with van der Waals surface area (Å²) in [6, 6.07) is 14.2. The molecule has 2 aliphatic rings. The number of aromatic nitrogens is 3. The van der Waals surface area contributed by atoms with Crippen LogP contribution < -0.4 is 4.74 Å². The molecule has 1 saturated heterocycles. The number of likely N-dealkylation sites (tertiary alicyclic amines) is 1. The fourth-order valence-corrected chi connectivity index (χ4v) is 5.18. The van der Waals surface area contributed by atoms with E-state index in [9.17, 15) is 0 Å². The minimum Gasteiger partial charge on any atom is -0.467 e. The lowest BCUT2D eigenvalue weighted by Gasteiger charge is -2.21. The van der Waals surface area contributed by atoms with E-state index < -0.39 is 0 Å². The van der Waals surface area contributed by atoms with Gasteiger partial charge in [0.25, 0.3) is 0 Å². The van der Waals surface area contributed by atoms with Crippen LogP contribution in [-0.2, 0) is 23.6 Å². The van der Waals surface area contributed by atoms with Crippen molar-refractivity contribution in [1.29, 1.82) is 0 Å². The lowest BCUT2D eigenvalue weighted by Crippen LogP contribution is -2.21. The van der Waals surface area contributed by atoms with Gasteiger partial charge < -0.3 is 9.47 Å². The molecule has 5 rings (SSSR count). The number of benzene rings is 2. The minimum atomic E-state index is 0.270. The molecule has 156 valence electrons. The average Bonchev–Trinajstić information content (AvgIpc) is 3.43. The summed E-state index contributed by atoms with van der Waals surface area (Å²) >= 11 is 7.98. The third-order valence-electron chi connectivity index (χ3n) is 5.39. The van der Waals surface area contributed by atoms with Gasteiger partial charge in [0.05, 0.1) is 13.2 Å². The summed E-state index contributed by atoms with van der Waals surface area (Å²) in [5, 5.41) is 10.6. The zero-order valence-electron chi connectivity index (χ0n) is 16.6. The second-order valence-electron chi connectivity index (χ2n) is 7.51. The van der Waals surface area contributed by atoms with Gasteiger partial charge in [-0.2, -0.15) is 0 Å². The van der Waals surface area contributed by atoms with Gasteiger partial charge in [0.2, 0.25) is 0 Å². The molecule has 0 radical (unpaired) electrons. The highest BCUT2D eigenvalue weighted by molar-refractivity contribution is 7.98. The van der Waals surface area contributed by atoms with Crippen LogP contribution in [0, 0.1) is 0 Å². The fraction of sp³-hybridized carbons (Fsp3) is 0.364. The van der Waals surface area contributed by atoms with Crippen molar-refractivity contribution in [3.63, 3.8) is 0 Å². The maximum atomic E-state index is 6.33. The highest BCUT2D eigenvalue weighted by atomic mass is 35.5. The molecule has 0 bridgehead atoms. The smallest absolute Gasteiger partial charge is 0.196 e. The van der Waals surface area contributed by atoms with Crippen LogP contribution in [0.1, 0.15) is 29.8 Å². The molecule has 0 saturated carbocycles. The van der Waals surface area contributed by atoms with Crippen molar-refractivity contribution in [1.82, 2.24) is 19.7 Å². The summed E-state index contributed by atoms with van der Waals surface area (Å²) in [6.45, 7) is 3.85. The average molecular weight is 443 g/mol. The van der Waals surface area contributed by atoms with E-state index in [-0.39, 0.29) is 6.79 Å². The molecule has 1 fully saturated rings. The summed E-state index contributed by atoms with van der Waals surface area (Å²) < 4.78 is 13.3. The summed E-state index contributed by atoms with van der Waals surface area (Å²) in [4.78, 5) is 2.44. The normalized spacial score (nSPS) is 16.4. The lowest BCUT2D eigenvalue weighted by atomic mass is 10.1. The standard InChI is InChI=1S/C22H23ClN4O2S/c23-18-10-16-13-28-15-29-21(16)17(11-18)14-30-22-25-24-20(12-26-8-4-5-9-26)27(22)19-6-2-1-3-7-19/h1-3,6-7,10-11H,4-5,8-9,12-15H2. The predicted octanol–water partition coefficient (Wildman–Crippen LogP) is 4.68. The zero-order chi connectivity index (χ0) is 20.3. The molecule has 3 heterocycles. The number of nitrogens with zero attached hydrogens (tertiary/aromatic N) is 4. The van der Waals surface area contributed by atoms with Gasteiger partial charge in [-0.3, -0.25) is 9.47 Å². The Bertz CT molecular complexity index is 1020. The predicted molar refractivity (Wildman–Crippen MR) is 117 cm³/mol. The third-order valence-corrected chi connectivity index (χ3v) is 6.58. The molecule has 30 heavy (non-hydrogen) atoms. The van der Waals surface area contributed by atoms with Gasteiger partial charge in [0, 0.05) is 27.6 Å². The molecule has 6 nitrogen and oxygen atoms in total. The van der Waals surface area contributed by atoms with Crippen LogP contribution in [0.15, 0.2) is 47.6 Å². The first-order valence-electron chi connectivity index (χ1n) is 10.1. The number of hydrogen-bond donors (Lipinski definition) is 0. The summed E-state index contributed by atoms with van der Waals surface area (Å²) in [5.74, 6) is 2.54. The Labute approximate surface area is 185 Å². The molecule has 0 unspecified atom stereocenters. The number of ether oxygens (including phenoxy) is 2. The number of fused-ring (bicyclic) bond motifs is 1. The van der Waals surface area contributed by atoms with Crippen molar-refractivity contribution in [2.75, 3.05) is 19.9 Å². The number of rotatable bonds is 6. The highest BCUT2D eigenvalue weighted by Crippen LogP contribution is 2.36. The van der Waals surface area contributed by atoms with Gasteiger partial charge in [-0.1, -0.05) is 41.6 Å². The zero-order valence-corrected chi connectivity index (χ0v) is 18.2. The van der Waals surface area contributed by atoms with E-state index in [1.807, 2.05) is 30.3 Å². The number of thioether (sulfide) groups is 1. The highest BCUT2D eigenvalue weighted by Gasteiger charge is 2.21. The summed E-state index contributed by atoms with van der Waals surface area (Å²) in [5.41, 5.74) is 3.12. The van der Waals surface area contributed by atoms with E-state index in [4.69, 9.17) is 21.1 Å². The first-order valence-corrected chi connectivity index (χ1v) is 11.5. The van der Waals surface area contributed by atoms with E-state index in [1.165, 1.54) is 12.8 Å². The van der Waals surface area contributed by atoms with Gasteiger partial charge in [-0.15, -0.1) is 10.2 Å². The van der Waals surface area contributed by atoms with E-state index in [0.29, 0.717) is 17.4 Å². The van der Waals surface area contributed by atoms with E-state index in [2.05, 4.69) is 31.8 Å². The van der Waals surface area contributed by atoms with Crippen molar-refractivity contribution >= 4 is 23.4 Å². The minimum absolute atomic E-state index is 0.270. The van der Waals surface area contributed by atoms with Crippen molar-refractivity contribution in [3.05, 3.63) is 64.4 Å². The second kappa shape index (κ2) is 8.98. The quantitative estimate of drug-likeness (QED) is 0.517. The number of para-hydroxylation sites is 1. The van der Waals surface area contributed by atoms with Crippen LogP contribution in [0.2, 0.25) is 5.02 Å². The number of hydrogen-bond acceptors (Lipinski definition) is 6. The van der Waals surface area contributed by atoms with E-state index in [0.717, 1.165) is 53.2 Å². The molecule has 0 spiro atoms. The molecule has 2 aliphatic heterocycles. The van der Waals surface area contributed by atoms with Crippen LogP contribution in [0.3, 0.4) is 0 Å². The van der Waals surface area contributed by atoms with E-state index in [1.54, 1.807) is 11.8 Å². The maximum Gasteiger partial charge on any atom is 0.196 e. The largest absolute Gasteiger partial charge is 0.467 e. The molecule has 0 atom stereocenters. The van der Waals surface area contributed by atoms with Gasteiger partial charge in [-0.05, 0) is 50.2 Å². The monoisotopic (exact) mass is 442 g/mol. The first-order chi connectivity index (χ1) is 14.8. The molecule has 0 amide bonds. The third kappa shape index (κ3) is 4.21. The molecule has 2 aromatic carbocycles. The van der Waals surface area contributed by atoms with Gasteiger partial charge >= 0.3 is 0 Å². The Morgan fingerprint density at radius 2 is 1.90 bits per heavy atom. The van der Waals surface area contributed by atoms with Crippen LogP contribution in [0.25, 0.3) is 5.69 Å². The van der Waals surface area contributed by atoms with Crippen molar-refractivity contribution in [2.24, 2.45) is 0 Å². The molecule has 1 aromatic heterocycles. The second-order valence-corrected chi connectivity index (χ2v) is 8.88. The molecule has 0 aliphatic carbocycles. The Morgan fingerprint density at radius 1 is 1.07 bits per heavy atom. The first kappa shape index (κ1) is 19.9. The van der Waals surface area contributed by atoms with E-state index >= 15 is 0 Å². The van der Waals surface area contributed by atoms with Crippen molar-refractivity contribution < 1.29 is 9.47 Å². The molecule has 0 N–H and O–H groups in total. The molecular weight excluding hydrogens is 420 g/mol. The van der Waals surface area contributed by atoms with Crippen LogP contribution in [0.5, 0.6) is 5.75 Å². The Morgan fingerprint density at radius 3 is 2.73 bits per heavy atom. The van der Waals surface area contributed by atoms with Crippen molar-refractivity contribution in [3.8, 4) is 11.4 Å². The Balaban J connectivity index is 1.43. The molecular formula is C22H23ClN4O2S. The fourth-order valence-electron chi connectivity index (χ4n) is 3.98. The Kier molecular flexibility index (Phi) is 5.95.